The van der Waals surface area contributed by atoms with Gasteiger partial charge < -0.3 is 4.74 Å². The maximum absolute atomic E-state index is 12.9. The van der Waals surface area contributed by atoms with E-state index >= 15 is 0 Å². The van der Waals surface area contributed by atoms with Crippen molar-refractivity contribution >= 4 is 11.6 Å². The average Bonchev–Trinajstić information content (AvgIpc) is 2.10. The van der Waals surface area contributed by atoms with E-state index < -0.39 is 24.0 Å². The summed E-state index contributed by atoms with van der Waals surface area (Å²) >= 11 is 5.27. The molecule has 14 heavy (non-hydrogen) atoms. The summed E-state index contributed by atoms with van der Waals surface area (Å²) in [5.74, 6) is -3.01. The van der Waals surface area contributed by atoms with Gasteiger partial charge in [0, 0.05) is 11.6 Å². The summed E-state index contributed by atoms with van der Waals surface area (Å²) in [6.07, 6.45) is 0. The van der Waals surface area contributed by atoms with Crippen LogP contribution in [0.5, 0.6) is 5.75 Å². The first-order chi connectivity index (χ1) is 6.54. The second-order valence-electron chi connectivity index (χ2n) is 2.39. The number of rotatable bonds is 3. The molecule has 0 aliphatic heterocycles. The van der Waals surface area contributed by atoms with Gasteiger partial charge >= 0.3 is 6.61 Å². The van der Waals surface area contributed by atoms with Crippen LogP contribution in [0, 0.1) is 11.6 Å². The topological polar surface area (TPSA) is 9.23 Å². The Kier molecular flexibility index (Phi) is 3.57. The first-order valence-corrected chi connectivity index (χ1v) is 4.06. The Labute approximate surface area is 82.2 Å². The lowest BCUT2D eigenvalue weighted by atomic mass is 10.2. The van der Waals surface area contributed by atoms with E-state index in [2.05, 4.69) is 4.74 Å². The van der Waals surface area contributed by atoms with Crippen LogP contribution >= 0.6 is 11.6 Å². The molecule has 0 radical (unpaired) electrons. The Bertz CT molecular complexity index is 329. The van der Waals surface area contributed by atoms with E-state index in [9.17, 15) is 17.6 Å². The first kappa shape index (κ1) is 11.1. The van der Waals surface area contributed by atoms with Gasteiger partial charge in [0.25, 0.3) is 0 Å². The molecule has 6 heteroatoms. The van der Waals surface area contributed by atoms with Crippen molar-refractivity contribution in [1.29, 1.82) is 0 Å². The SMILES string of the molecule is Fc1cc(OC(F)F)c(F)cc1CCl. The third kappa shape index (κ3) is 2.51. The Hall–Kier alpha value is -0.970. The van der Waals surface area contributed by atoms with E-state index in [0.717, 1.165) is 6.07 Å². The monoisotopic (exact) mass is 228 g/mol. The molecule has 0 unspecified atom stereocenters. The van der Waals surface area contributed by atoms with Crippen molar-refractivity contribution in [3.05, 3.63) is 29.3 Å². The van der Waals surface area contributed by atoms with Gasteiger partial charge in [-0.05, 0) is 6.07 Å². The fourth-order valence-corrected chi connectivity index (χ4v) is 1.06. The minimum Gasteiger partial charge on any atom is -0.432 e. The Balaban J connectivity index is 3.02. The predicted molar refractivity (Wildman–Crippen MR) is 42.5 cm³/mol. The Morgan fingerprint density at radius 3 is 2.36 bits per heavy atom. The molecule has 0 saturated carbocycles. The second kappa shape index (κ2) is 4.50. The van der Waals surface area contributed by atoms with Crippen molar-refractivity contribution in [1.82, 2.24) is 0 Å². The van der Waals surface area contributed by atoms with Crippen molar-refractivity contribution in [3.8, 4) is 5.75 Å². The molecule has 0 aromatic heterocycles. The van der Waals surface area contributed by atoms with Gasteiger partial charge in [-0.25, -0.2) is 8.78 Å². The fraction of sp³-hybridized carbons (Fsp3) is 0.250. The van der Waals surface area contributed by atoms with Crippen molar-refractivity contribution in [2.75, 3.05) is 0 Å². The molecule has 1 rings (SSSR count). The summed E-state index contributed by atoms with van der Waals surface area (Å²) in [7, 11) is 0. The molecule has 0 spiro atoms. The third-order valence-electron chi connectivity index (χ3n) is 1.46. The molecule has 0 heterocycles. The van der Waals surface area contributed by atoms with Crippen LogP contribution in [0.1, 0.15) is 5.56 Å². The third-order valence-corrected chi connectivity index (χ3v) is 1.75. The largest absolute Gasteiger partial charge is 0.432 e. The number of hydrogen-bond donors (Lipinski definition) is 0. The molecule has 0 fully saturated rings. The quantitative estimate of drug-likeness (QED) is 0.570. The van der Waals surface area contributed by atoms with Crippen LogP contribution in [0.2, 0.25) is 0 Å². The van der Waals surface area contributed by atoms with Crippen molar-refractivity contribution in [2.45, 2.75) is 12.5 Å². The molecule has 0 N–H and O–H groups in total. The Morgan fingerprint density at radius 1 is 1.21 bits per heavy atom. The van der Waals surface area contributed by atoms with Gasteiger partial charge in [-0.15, -0.1) is 11.6 Å². The van der Waals surface area contributed by atoms with E-state index in [1.54, 1.807) is 0 Å². The number of halogens is 5. The molecule has 78 valence electrons. The zero-order valence-corrected chi connectivity index (χ0v) is 7.49. The van der Waals surface area contributed by atoms with Gasteiger partial charge in [-0.3, -0.25) is 0 Å². The molecule has 1 nitrogen and oxygen atoms in total. The minimum absolute atomic E-state index is 0.106. The maximum atomic E-state index is 12.9. The molecule has 0 aliphatic rings. The second-order valence-corrected chi connectivity index (χ2v) is 2.65. The molecular formula is C8H5ClF4O. The number of benzene rings is 1. The van der Waals surface area contributed by atoms with Gasteiger partial charge in [0.15, 0.2) is 11.6 Å². The smallest absolute Gasteiger partial charge is 0.387 e. The van der Waals surface area contributed by atoms with Crippen LogP contribution in [0.3, 0.4) is 0 Å². The molecule has 1 aromatic carbocycles. The summed E-state index contributed by atoms with van der Waals surface area (Å²) in [6, 6.07) is 1.26. The van der Waals surface area contributed by atoms with E-state index in [1.807, 2.05) is 0 Å². The van der Waals surface area contributed by atoms with Crippen molar-refractivity contribution < 1.29 is 22.3 Å². The van der Waals surface area contributed by atoms with Gasteiger partial charge in [-0.1, -0.05) is 0 Å². The molecule has 0 atom stereocenters. The zero-order chi connectivity index (χ0) is 10.7. The average molecular weight is 229 g/mol. The van der Waals surface area contributed by atoms with E-state index in [1.165, 1.54) is 0 Å². The van der Waals surface area contributed by atoms with Gasteiger partial charge in [0.1, 0.15) is 5.82 Å². The van der Waals surface area contributed by atoms with Crippen LogP contribution in [-0.2, 0) is 5.88 Å². The standard InChI is InChI=1S/C8H5ClF4O/c9-3-4-1-6(11)7(2-5(4)10)14-8(12)13/h1-2,8H,3H2. The Morgan fingerprint density at radius 2 is 1.86 bits per heavy atom. The van der Waals surface area contributed by atoms with Crippen LogP contribution in [-0.4, -0.2) is 6.61 Å². The van der Waals surface area contributed by atoms with E-state index in [-0.39, 0.29) is 11.4 Å². The molecule has 1 aromatic rings. The summed E-state index contributed by atoms with van der Waals surface area (Å²) in [5, 5.41) is 0. The minimum atomic E-state index is -3.19. The highest BCUT2D eigenvalue weighted by atomic mass is 35.5. The lowest BCUT2D eigenvalue weighted by Gasteiger charge is -2.07. The summed E-state index contributed by atoms with van der Waals surface area (Å²) < 4.78 is 52.9. The van der Waals surface area contributed by atoms with E-state index in [0.29, 0.717) is 6.07 Å². The lowest BCUT2D eigenvalue weighted by Crippen LogP contribution is -2.04. The van der Waals surface area contributed by atoms with Crippen molar-refractivity contribution in [2.24, 2.45) is 0 Å². The first-order valence-electron chi connectivity index (χ1n) is 3.53. The highest BCUT2D eigenvalue weighted by molar-refractivity contribution is 6.17. The predicted octanol–water partition coefficient (Wildman–Crippen LogP) is 3.31. The lowest BCUT2D eigenvalue weighted by molar-refractivity contribution is -0.0523. The summed E-state index contributed by atoms with van der Waals surface area (Å²) in [5.41, 5.74) is -0.106. The summed E-state index contributed by atoms with van der Waals surface area (Å²) in [4.78, 5) is 0. The highest BCUT2D eigenvalue weighted by Crippen LogP contribution is 2.23. The number of ether oxygens (including phenoxy) is 1. The van der Waals surface area contributed by atoms with Gasteiger partial charge in [0.05, 0.1) is 5.88 Å². The number of alkyl halides is 3. The van der Waals surface area contributed by atoms with Crippen LogP contribution in [0.15, 0.2) is 12.1 Å². The van der Waals surface area contributed by atoms with Crippen LogP contribution in [0.25, 0.3) is 0 Å². The molecule has 0 aliphatic carbocycles. The van der Waals surface area contributed by atoms with Crippen LogP contribution in [0.4, 0.5) is 17.6 Å². The van der Waals surface area contributed by atoms with Gasteiger partial charge in [-0.2, -0.15) is 8.78 Å². The normalized spacial score (nSPS) is 10.7. The molecular weight excluding hydrogens is 224 g/mol. The number of hydrogen-bond acceptors (Lipinski definition) is 1. The molecule has 0 saturated heterocycles. The fourth-order valence-electron chi connectivity index (χ4n) is 0.858. The van der Waals surface area contributed by atoms with E-state index in [4.69, 9.17) is 11.6 Å². The zero-order valence-electron chi connectivity index (χ0n) is 6.74. The summed E-state index contributed by atoms with van der Waals surface area (Å²) in [6.45, 7) is -3.19. The highest BCUT2D eigenvalue weighted by Gasteiger charge is 2.13. The maximum Gasteiger partial charge on any atom is 0.387 e. The van der Waals surface area contributed by atoms with Gasteiger partial charge in [0.2, 0.25) is 0 Å². The molecule has 0 amide bonds. The van der Waals surface area contributed by atoms with Crippen molar-refractivity contribution in [3.63, 3.8) is 0 Å². The van der Waals surface area contributed by atoms with Crippen LogP contribution < -0.4 is 4.74 Å². The molecule has 0 bridgehead atoms.